The number of carbonyl (C=O) groups is 1. The van der Waals surface area contributed by atoms with Crippen molar-refractivity contribution in [1.29, 1.82) is 0 Å². The maximum Gasteiger partial charge on any atom is 0.253 e. The number of rotatable bonds is 7. The molecule has 0 aliphatic rings. The van der Waals surface area contributed by atoms with Gasteiger partial charge in [-0.05, 0) is 36.2 Å². The topological polar surface area (TPSA) is 43.8 Å². The van der Waals surface area contributed by atoms with Gasteiger partial charge in [-0.2, -0.15) is 0 Å². The van der Waals surface area contributed by atoms with Crippen LogP contribution in [0.2, 0.25) is 0 Å². The number of hydrogen-bond donors (Lipinski definition) is 1. The summed E-state index contributed by atoms with van der Waals surface area (Å²) >= 11 is 0. The smallest absolute Gasteiger partial charge is 0.253 e. The van der Waals surface area contributed by atoms with E-state index in [0.29, 0.717) is 25.1 Å². The second kappa shape index (κ2) is 8.50. The summed E-state index contributed by atoms with van der Waals surface area (Å²) < 4.78 is 0. The third kappa shape index (κ3) is 4.83. The number of hydrogen-bond acceptors (Lipinski definition) is 3. The Morgan fingerprint density at radius 2 is 1.79 bits per heavy atom. The van der Waals surface area contributed by atoms with E-state index >= 15 is 0 Å². The highest BCUT2D eigenvalue weighted by molar-refractivity contribution is 5.94. The van der Waals surface area contributed by atoms with Crippen LogP contribution in [0.4, 0.5) is 5.69 Å². The molecule has 128 valence electrons. The third-order valence-corrected chi connectivity index (χ3v) is 3.98. The van der Waals surface area contributed by atoms with Crippen LogP contribution in [0.3, 0.4) is 0 Å². The second-order valence-electron chi connectivity index (χ2n) is 6.18. The van der Waals surface area contributed by atoms with Gasteiger partial charge in [-0.15, -0.1) is 0 Å². The van der Waals surface area contributed by atoms with Crippen molar-refractivity contribution in [1.82, 2.24) is 4.90 Å². The summed E-state index contributed by atoms with van der Waals surface area (Å²) in [5.74, 6) is -0.00305. The lowest BCUT2D eigenvalue weighted by Gasteiger charge is -2.27. The van der Waals surface area contributed by atoms with Gasteiger partial charge >= 0.3 is 0 Å². The van der Waals surface area contributed by atoms with Gasteiger partial charge in [-0.25, -0.2) is 0 Å². The third-order valence-electron chi connectivity index (χ3n) is 3.98. The van der Waals surface area contributed by atoms with Crippen LogP contribution in [0.1, 0.15) is 29.3 Å². The zero-order chi connectivity index (χ0) is 17.5. The molecule has 0 saturated carbocycles. The van der Waals surface area contributed by atoms with Crippen molar-refractivity contribution in [2.45, 2.75) is 26.0 Å². The molecule has 0 fully saturated rings. The Morgan fingerprint density at radius 3 is 2.42 bits per heavy atom. The van der Waals surface area contributed by atoms with Gasteiger partial charge < -0.3 is 14.9 Å². The quantitative estimate of drug-likeness (QED) is 0.850. The van der Waals surface area contributed by atoms with Crippen LogP contribution in [0.5, 0.6) is 0 Å². The maximum absolute atomic E-state index is 12.1. The normalized spacial score (nSPS) is 11.8. The Hall–Kier alpha value is -2.33. The van der Waals surface area contributed by atoms with E-state index in [4.69, 9.17) is 0 Å². The van der Waals surface area contributed by atoms with Crippen molar-refractivity contribution < 1.29 is 9.90 Å². The molecule has 0 heterocycles. The number of carbonyl (C=O) groups excluding carboxylic acids is 1. The van der Waals surface area contributed by atoms with Gasteiger partial charge in [0.05, 0.1) is 6.10 Å². The number of nitrogens with zero attached hydrogens (tertiary/aromatic N) is 2. The molecule has 0 spiro atoms. The Morgan fingerprint density at radius 1 is 1.08 bits per heavy atom. The van der Waals surface area contributed by atoms with Crippen LogP contribution >= 0.6 is 0 Å². The zero-order valence-corrected chi connectivity index (χ0v) is 14.6. The van der Waals surface area contributed by atoms with E-state index in [0.717, 1.165) is 11.3 Å². The van der Waals surface area contributed by atoms with E-state index in [1.165, 1.54) is 0 Å². The minimum Gasteiger partial charge on any atom is -0.391 e. The lowest BCUT2D eigenvalue weighted by molar-refractivity contribution is 0.0827. The van der Waals surface area contributed by atoms with Gasteiger partial charge in [-0.3, -0.25) is 4.79 Å². The van der Waals surface area contributed by atoms with E-state index in [-0.39, 0.29) is 12.0 Å². The summed E-state index contributed by atoms with van der Waals surface area (Å²) in [6.07, 6.45) is 0.333. The predicted octanol–water partition coefficient (Wildman–Crippen LogP) is 3.17. The Labute approximate surface area is 144 Å². The number of anilines is 1. The van der Waals surface area contributed by atoms with Crippen LogP contribution in [0.15, 0.2) is 54.6 Å². The first-order valence-corrected chi connectivity index (χ1v) is 8.30. The molecule has 0 aliphatic carbocycles. The van der Waals surface area contributed by atoms with Crippen molar-refractivity contribution in [3.63, 3.8) is 0 Å². The summed E-state index contributed by atoms with van der Waals surface area (Å²) in [5, 5.41) is 10.1. The molecule has 4 nitrogen and oxygen atoms in total. The first-order chi connectivity index (χ1) is 11.5. The van der Waals surface area contributed by atoms with Gasteiger partial charge in [0.2, 0.25) is 0 Å². The van der Waals surface area contributed by atoms with Crippen molar-refractivity contribution in [3.05, 3.63) is 65.7 Å². The fraction of sp³-hybridized carbons (Fsp3) is 0.350. The molecular weight excluding hydrogens is 300 g/mol. The standard InChI is InChI=1S/C20H26N2O2/c1-4-19(23)15-22(18-11-6-5-7-12-18)14-16-9-8-10-17(13-16)20(24)21(2)3/h5-13,19,23H,4,14-15H2,1-3H3/t19-/m1/s1. The van der Waals surface area contributed by atoms with Crippen molar-refractivity contribution >= 4 is 11.6 Å². The molecule has 2 aromatic carbocycles. The van der Waals surface area contributed by atoms with E-state index < -0.39 is 0 Å². The number of aliphatic hydroxyl groups excluding tert-OH is 1. The lowest BCUT2D eigenvalue weighted by Crippen LogP contribution is -2.31. The summed E-state index contributed by atoms with van der Waals surface area (Å²) in [5.41, 5.74) is 2.80. The highest BCUT2D eigenvalue weighted by Crippen LogP contribution is 2.19. The SMILES string of the molecule is CC[C@@H](O)CN(Cc1cccc(C(=O)N(C)C)c1)c1ccccc1. The van der Waals surface area contributed by atoms with E-state index in [2.05, 4.69) is 4.90 Å². The number of aliphatic hydroxyl groups is 1. The highest BCUT2D eigenvalue weighted by atomic mass is 16.3. The molecule has 0 radical (unpaired) electrons. The fourth-order valence-corrected chi connectivity index (χ4v) is 2.56. The molecule has 0 aromatic heterocycles. The van der Waals surface area contributed by atoms with Crippen LogP contribution in [-0.4, -0.2) is 42.7 Å². The van der Waals surface area contributed by atoms with Crippen LogP contribution in [0, 0.1) is 0 Å². The highest BCUT2D eigenvalue weighted by Gasteiger charge is 2.13. The number of amides is 1. The van der Waals surface area contributed by atoms with Crippen molar-refractivity contribution in [2.75, 3.05) is 25.5 Å². The summed E-state index contributed by atoms with van der Waals surface area (Å²) in [4.78, 5) is 15.9. The number of para-hydroxylation sites is 1. The van der Waals surface area contributed by atoms with Gasteiger partial charge in [-0.1, -0.05) is 37.3 Å². The Bertz CT molecular complexity index is 656. The molecule has 0 saturated heterocycles. The van der Waals surface area contributed by atoms with Crippen LogP contribution < -0.4 is 4.90 Å². The molecular formula is C20H26N2O2. The van der Waals surface area contributed by atoms with E-state index in [1.54, 1.807) is 19.0 Å². The predicted molar refractivity (Wildman–Crippen MR) is 98.2 cm³/mol. The molecule has 1 N–H and O–H groups in total. The zero-order valence-electron chi connectivity index (χ0n) is 14.6. The molecule has 0 aliphatic heterocycles. The van der Waals surface area contributed by atoms with Crippen molar-refractivity contribution in [2.24, 2.45) is 0 Å². The lowest BCUT2D eigenvalue weighted by atomic mass is 10.1. The molecule has 1 atom stereocenters. The van der Waals surface area contributed by atoms with E-state index in [9.17, 15) is 9.90 Å². The summed E-state index contributed by atoms with van der Waals surface area (Å²) in [7, 11) is 3.51. The van der Waals surface area contributed by atoms with E-state index in [1.807, 2.05) is 61.5 Å². The Balaban J connectivity index is 2.23. The molecule has 2 rings (SSSR count). The molecule has 0 bridgehead atoms. The first kappa shape index (κ1) is 18.0. The van der Waals surface area contributed by atoms with Crippen LogP contribution in [-0.2, 0) is 6.54 Å². The molecule has 2 aromatic rings. The number of benzene rings is 2. The van der Waals surface area contributed by atoms with Gasteiger partial charge in [0, 0.05) is 38.4 Å². The molecule has 4 heteroatoms. The monoisotopic (exact) mass is 326 g/mol. The maximum atomic E-state index is 12.1. The molecule has 1 amide bonds. The van der Waals surface area contributed by atoms with Crippen molar-refractivity contribution in [3.8, 4) is 0 Å². The van der Waals surface area contributed by atoms with Gasteiger partial charge in [0.25, 0.3) is 5.91 Å². The molecule has 0 unspecified atom stereocenters. The minimum absolute atomic E-state index is 0.00305. The first-order valence-electron chi connectivity index (χ1n) is 8.30. The largest absolute Gasteiger partial charge is 0.391 e. The average molecular weight is 326 g/mol. The molecule has 24 heavy (non-hydrogen) atoms. The summed E-state index contributed by atoms with van der Waals surface area (Å²) in [6.45, 7) is 3.19. The Kier molecular flexibility index (Phi) is 6.38. The van der Waals surface area contributed by atoms with Crippen LogP contribution in [0.25, 0.3) is 0 Å². The average Bonchev–Trinajstić information content (AvgIpc) is 2.61. The minimum atomic E-state index is -0.378. The summed E-state index contributed by atoms with van der Waals surface area (Å²) in [6, 6.07) is 17.7. The second-order valence-corrected chi connectivity index (χ2v) is 6.18. The van der Waals surface area contributed by atoms with Gasteiger partial charge in [0.15, 0.2) is 0 Å². The van der Waals surface area contributed by atoms with Gasteiger partial charge in [0.1, 0.15) is 0 Å². The fourth-order valence-electron chi connectivity index (χ4n) is 2.56.